The van der Waals surface area contributed by atoms with E-state index in [1.54, 1.807) is 16.9 Å². The number of ether oxygens (including phenoxy) is 1. The summed E-state index contributed by atoms with van der Waals surface area (Å²) in [6.45, 7) is 3.16. The highest BCUT2D eigenvalue weighted by Gasteiger charge is 2.36. The number of imidazole rings is 1. The molecule has 1 aliphatic rings. The first-order valence-electron chi connectivity index (χ1n) is 11.8. The van der Waals surface area contributed by atoms with Crippen molar-refractivity contribution in [1.82, 2.24) is 9.55 Å². The van der Waals surface area contributed by atoms with Crippen LogP contribution in [0, 0.1) is 0 Å². The van der Waals surface area contributed by atoms with Crippen molar-refractivity contribution in [3.05, 3.63) is 84.7 Å². The van der Waals surface area contributed by atoms with Gasteiger partial charge in [0.2, 0.25) is 11.8 Å². The van der Waals surface area contributed by atoms with Gasteiger partial charge in [0, 0.05) is 31.1 Å². The van der Waals surface area contributed by atoms with Crippen molar-refractivity contribution >= 4 is 34.2 Å². The first-order chi connectivity index (χ1) is 17.1. The van der Waals surface area contributed by atoms with E-state index in [2.05, 4.69) is 0 Å². The van der Waals surface area contributed by atoms with Crippen LogP contribution in [-0.2, 0) is 16.1 Å². The van der Waals surface area contributed by atoms with E-state index in [9.17, 15) is 9.59 Å². The molecule has 1 fully saturated rings. The lowest BCUT2D eigenvalue weighted by Crippen LogP contribution is -2.34. The number of aromatic nitrogens is 2. The summed E-state index contributed by atoms with van der Waals surface area (Å²) >= 11 is 0. The number of benzene rings is 3. The summed E-state index contributed by atoms with van der Waals surface area (Å²) in [6.07, 6.45) is 0.325. The zero-order valence-corrected chi connectivity index (χ0v) is 19.9. The van der Waals surface area contributed by atoms with Gasteiger partial charge in [-0.3, -0.25) is 9.59 Å². The normalized spacial score (nSPS) is 15.5. The molecule has 0 bridgehead atoms. The molecular formula is C28H28N4O3. The van der Waals surface area contributed by atoms with Crippen LogP contribution >= 0.6 is 0 Å². The van der Waals surface area contributed by atoms with Gasteiger partial charge < -0.3 is 19.1 Å². The highest BCUT2D eigenvalue weighted by molar-refractivity contribution is 5.98. The molecule has 35 heavy (non-hydrogen) atoms. The molecule has 1 saturated heterocycles. The summed E-state index contributed by atoms with van der Waals surface area (Å²) in [5, 5.41) is 0. The number of nitrogens with zero attached hydrogens (tertiary/aromatic N) is 4. The number of likely N-dealkylation sites (N-methyl/N-ethyl adjacent to an activating group) is 1. The van der Waals surface area contributed by atoms with Crippen molar-refractivity contribution in [2.75, 3.05) is 30.0 Å². The van der Waals surface area contributed by atoms with Crippen LogP contribution in [0.15, 0.2) is 78.9 Å². The van der Waals surface area contributed by atoms with Gasteiger partial charge in [-0.25, -0.2) is 4.98 Å². The van der Waals surface area contributed by atoms with Gasteiger partial charge >= 0.3 is 0 Å². The Morgan fingerprint density at radius 2 is 1.74 bits per heavy atom. The summed E-state index contributed by atoms with van der Waals surface area (Å²) in [7, 11) is 1.61. The third-order valence-electron chi connectivity index (χ3n) is 6.53. The first-order valence-corrected chi connectivity index (χ1v) is 11.8. The third-order valence-corrected chi connectivity index (χ3v) is 6.53. The number of carbonyl (C=O) groups is 2. The zero-order chi connectivity index (χ0) is 24.4. The van der Waals surface area contributed by atoms with Gasteiger partial charge in [0.25, 0.3) is 0 Å². The molecule has 2 heterocycles. The number of amides is 2. The third kappa shape index (κ3) is 4.25. The average Bonchev–Trinajstić information content (AvgIpc) is 3.45. The summed E-state index contributed by atoms with van der Waals surface area (Å²) < 4.78 is 7.47. The quantitative estimate of drug-likeness (QED) is 0.397. The van der Waals surface area contributed by atoms with Crippen molar-refractivity contribution < 1.29 is 14.3 Å². The molecule has 4 aromatic rings. The first kappa shape index (κ1) is 22.7. The summed E-state index contributed by atoms with van der Waals surface area (Å²) in [5.74, 6) is 1.28. The number of anilines is 2. The molecule has 7 heteroatoms. The lowest BCUT2D eigenvalue weighted by molar-refractivity contribution is -0.119. The van der Waals surface area contributed by atoms with Crippen molar-refractivity contribution in [3.8, 4) is 5.75 Å². The molecular weight excluding hydrogens is 440 g/mol. The van der Waals surface area contributed by atoms with E-state index in [0.29, 0.717) is 25.3 Å². The largest absolute Gasteiger partial charge is 0.495 e. The fraction of sp³-hybridized carbons (Fsp3) is 0.250. The maximum atomic E-state index is 13.5. The minimum absolute atomic E-state index is 0.0175. The number of para-hydroxylation sites is 5. The lowest BCUT2D eigenvalue weighted by atomic mass is 10.1. The zero-order valence-electron chi connectivity index (χ0n) is 19.9. The van der Waals surface area contributed by atoms with Crippen molar-refractivity contribution in [2.24, 2.45) is 0 Å². The van der Waals surface area contributed by atoms with Crippen LogP contribution in [-0.4, -0.2) is 41.6 Å². The van der Waals surface area contributed by atoms with Gasteiger partial charge in [0.15, 0.2) is 0 Å². The van der Waals surface area contributed by atoms with E-state index >= 15 is 0 Å². The van der Waals surface area contributed by atoms with Crippen LogP contribution in [0.5, 0.6) is 5.75 Å². The monoisotopic (exact) mass is 468 g/mol. The Morgan fingerprint density at radius 1 is 1.03 bits per heavy atom. The maximum absolute atomic E-state index is 13.5. The minimum atomic E-state index is -0.139. The molecule has 178 valence electrons. The smallest absolute Gasteiger partial charge is 0.246 e. The standard InChI is InChI=1S/C28H28N4O3/c1-3-30(21-11-5-4-6-12-21)27(34)19-32-23-14-8-7-13-22(23)29-28(32)20-17-26(33)31(18-20)24-15-9-10-16-25(24)35-2/h4-16,20H,3,17-19H2,1-2H3. The van der Waals surface area contributed by atoms with Crippen LogP contribution in [0.25, 0.3) is 11.0 Å². The maximum Gasteiger partial charge on any atom is 0.246 e. The van der Waals surface area contributed by atoms with Crippen LogP contribution < -0.4 is 14.5 Å². The number of rotatable bonds is 7. The number of carbonyl (C=O) groups excluding carboxylic acids is 2. The Balaban J connectivity index is 1.49. The SMILES string of the molecule is CCN(C(=O)Cn1c(C2CC(=O)N(c3ccccc3OC)C2)nc2ccccc21)c1ccccc1. The molecule has 1 aromatic heterocycles. The van der Waals surface area contributed by atoms with E-state index < -0.39 is 0 Å². The Labute approximate surface area is 204 Å². The molecule has 1 unspecified atom stereocenters. The molecule has 5 rings (SSSR count). The van der Waals surface area contributed by atoms with Crippen molar-refractivity contribution in [2.45, 2.75) is 25.8 Å². The van der Waals surface area contributed by atoms with Gasteiger partial charge in [0.05, 0.1) is 23.8 Å². The Kier molecular flexibility index (Phi) is 6.23. The van der Waals surface area contributed by atoms with Gasteiger partial charge in [-0.05, 0) is 43.3 Å². The summed E-state index contributed by atoms with van der Waals surface area (Å²) in [4.78, 5) is 35.0. The number of fused-ring (bicyclic) bond motifs is 1. The molecule has 0 N–H and O–H groups in total. The van der Waals surface area contributed by atoms with Crippen LogP contribution in [0.4, 0.5) is 11.4 Å². The van der Waals surface area contributed by atoms with E-state index in [0.717, 1.165) is 28.2 Å². The lowest BCUT2D eigenvalue weighted by Gasteiger charge is -2.23. The highest BCUT2D eigenvalue weighted by atomic mass is 16.5. The van der Waals surface area contributed by atoms with Crippen LogP contribution in [0.1, 0.15) is 25.1 Å². The molecule has 0 saturated carbocycles. The average molecular weight is 469 g/mol. The molecule has 3 aromatic carbocycles. The van der Waals surface area contributed by atoms with Gasteiger partial charge in [-0.2, -0.15) is 0 Å². The van der Waals surface area contributed by atoms with Crippen LogP contribution in [0.3, 0.4) is 0 Å². The van der Waals surface area contributed by atoms with E-state index in [1.165, 1.54) is 0 Å². The van der Waals surface area contributed by atoms with E-state index in [4.69, 9.17) is 9.72 Å². The summed E-state index contributed by atoms with van der Waals surface area (Å²) in [5.41, 5.74) is 3.33. The predicted molar refractivity (Wildman–Crippen MR) is 137 cm³/mol. The Morgan fingerprint density at radius 3 is 2.51 bits per heavy atom. The Bertz CT molecular complexity index is 1370. The van der Waals surface area contributed by atoms with Gasteiger partial charge in [0.1, 0.15) is 18.1 Å². The number of methoxy groups -OCH3 is 1. The second-order valence-corrected chi connectivity index (χ2v) is 8.60. The second kappa shape index (κ2) is 9.62. The molecule has 0 radical (unpaired) electrons. The fourth-order valence-corrected chi connectivity index (χ4v) is 4.87. The predicted octanol–water partition coefficient (Wildman–Crippen LogP) is 4.62. The number of hydrogen-bond acceptors (Lipinski definition) is 4. The molecule has 1 aliphatic heterocycles. The minimum Gasteiger partial charge on any atom is -0.495 e. The van der Waals surface area contributed by atoms with Crippen molar-refractivity contribution in [1.29, 1.82) is 0 Å². The molecule has 1 atom stereocenters. The fourth-order valence-electron chi connectivity index (χ4n) is 4.87. The molecule has 7 nitrogen and oxygen atoms in total. The van der Waals surface area contributed by atoms with Crippen LogP contribution in [0.2, 0.25) is 0 Å². The topological polar surface area (TPSA) is 67.7 Å². The van der Waals surface area contributed by atoms with E-state index in [-0.39, 0.29) is 24.3 Å². The molecule has 0 aliphatic carbocycles. The van der Waals surface area contributed by atoms with Crippen molar-refractivity contribution in [3.63, 3.8) is 0 Å². The Hall–Kier alpha value is -4.13. The van der Waals surface area contributed by atoms with E-state index in [1.807, 2.05) is 90.4 Å². The highest BCUT2D eigenvalue weighted by Crippen LogP contribution is 2.37. The number of hydrogen-bond donors (Lipinski definition) is 0. The molecule has 2 amide bonds. The second-order valence-electron chi connectivity index (χ2n) is 8.60. The van der Waals surface area contributed by atoms with Gasteiger partial charge in [-0.15, -0.1) is 0 Å². The summed E-state index contributed by atoms with van der Waals surface area (Å²) in [6, 6.07) is 25.0. The van der Waals surface area contributed by atoms with Gasteiger partial charge in [-0.1, -0.05) is 42.5 Å². The molecule has 0 spiro atoms.